The highest BCUT2D eigenvalue weighted by molar-refractivity contribution is 5.73. The van der Waals surface area contributed by atoms with Crippen molar-refractivity contribution in [2.24, 2.45) is 5.92 Å². The minimum Gasteiger partial charge on any atom is -0.425 e. The third kappa shape index (κ3) is 4.18. The largest absolute Gasteiger partial charge is 0.425 e. The van der Waals surface area contributed by atoms with Gasteiger partial charge in [0.15, 0.2) is 0 Å². The molecule has 1 heterocycles. The molecule has 5 nitrogen and oxygen atoms in total. The third-order valence-corrected chi connectivity index (χ3v) is 2.43. The van der Waals surface area contributed by atoms with Crippen molar-refractivity contribution in [3.05, 3.63) is 0 Å². The average molecular weight is 230 g/mol. The summed E-state index contributed by atoms with van der Waals surface area (Å²) in [7, 11) is 0. The molecule has 5 heteroatoms. The van der Waals surface area contributed by atoms with Crippen molar-refractivity contribution in [3.63, 3.8) is 0 Å². The van der Waals surface area contributed by atoms with Gasteiger partial charge in [0.1, 0.15) is 0 Å². The zero-order chi connectivity index (χ0) is 12.0. The monoisotopic (exact) mass is 230 g/mol. The van der Waals surface area contributed by atoms with Gasteiger partial charge in [0, 0.05) is 26.6 Å². The van der Waals surface area contributed by atoms with Gasteiger partial charge < -0.3 is 14.2 Å². The number of rotatable bonds is 4. The number of hydrogen-bond acceptors (Lipinski definition) is 5. The molecule has 1 unspecified atom stereocenters. The second kappa shape index (κ2) is 6.48. The van der Waals surface area contributed by atoms with Crippen LogP contribution in [0.3, 0.4) is 0 Å². The van der Waals surface area contributed by atoms with E-state index in [1.165, 1.54) is 6.92 Å². The van der Waals surface area contributed by atoms with Gasteiger partial charge in [-0.25, -0.2) is 0 Å². The molecule has 0 aromatic heterocycles. The second-order valence-corrected chi connectivity index (χ2v) is 3.77. The van der Waals surface area contributed by atoms with Crippen LogP contribution in [0, 0.1) is 5.92 Å². The molecule has 0 N–H and O–H groups in total. The van der Waals surface area contributed by atoms with Crippen molar-refractivity contribution in [2.75, 3.05) is 13.2 Å². The molecule has 92 valence electrons. The summed E-state index contributed by atoms with van der Waals surface area (Å²) in [6, 6.07) is 0. The molecule has 0 bridgehead atoms. The lowest BCUT2D eigenvalue weighted by Gasteiger charge is -2.23. The Morgan fingerprint density at radius 1 is 1.31 bits per heavy atom. The van der Waals surface area contributed by atoms with Gasteiger partial charge in [0.2, 0.25) is 6.29 Å². The van der Waals surface area contributed by atoms with Gasteiger partial charge >= 0.3 is 11.9 Å². The highest BCUT2D eigenvalue weighted by atomic mass is 16.7. The summed E-state index contributed by atoms with van der Waals surface area (Å²) in [4.78, 5) is 22.4. The van der Waals surface area contributed by atoms with Gasteiger partial charge in [-0.2, -0.15) is 0 Å². The molecule has 1 aliphatic rings. The quantitative estimate of drug-likeness (QED) is 0.537. The number of carbonyl (C=O) groups is 2. The predicted octanol–water partition coefficient (Wildman–Crippen LogP) is 1.26. The van der Waals surface area contributed by atoms with Gasteiger partial charge in [-0.3, -0.25) is 9.59 Å². The Morgan fingerprint density at radius 3 is 2.44 bits per heavy atom. The second-order valence-electron chi connectivity index (χ2n) is 3.77. The molecule has 1 aliphatic heterocycles. The van der Waals surface area contributed by atoms with Crippen LogP contribution < -0.4 is 0 Å². The number of esters is 2. The first kappa shape index (κ1) is 13.0. The van der Waals surface area contributed by atoms with Crippen LogP contribution in [0.25, 0.3) is 0 Å². The molecule has 0 spiro atoms. The molecule has 16 heavy (non-hydrogen) atoms. The molecule has 0 amide bonds. The summed E-state index contributed by atoms with van der Waals surface area (Å²) in [6.45, 7) is 4.27. The van der Waals surface area contributed by atoms with Crippen LogP contribution in [-0.4, -0.2) is 31.4 Å². The van der Waals surface area contributed by atoms with Crippen LogP contribution >= 0.6 is 0 Å². The van der Waals surface area contributed by atoms with Crippen LogP contribution in [0.15, 0.2) is 0 Å². The van der Waals surface area contributed by atoms with Crippen molar-refractivity contribution >= 4 is 11.9 Å². The summed E-state index contributed by atoms with van der Waals surface area (Å²) in [6.07, 6.45) is 1.06. The predicted molar refractivity (Wildman–Crippen MR) is 55.5 cm³/mol. The topological polar surface area (TPSA) is 61.8 Å². The minimum atomic E-state index is -0.757. The van der Waals surface area contributed by atoms with Gasteiger partial charge in [0.25, 0.3) is 0 Å². The first-order valence-electron chi connectivity index (χ1n) is 5.59. The van der Waals surface area contributed by atoms with Crippen molar-refractivity contribution in [3.8, 4) is 0 Å². The normalized spacial score (nSPS) is 18.9. The Morgan fingerprint density at radius 2 is 1.94 bits per heavy atom. The Hall–Kier alpha value is -1.10. The number of ether oxygens (including phenoxy) is 3. The molecule has 0 radical (unpaired) electrons. The lowest BCUT2D eigenvalue weighted by molar-refractivity contribution is -0.191. The van der Waals surface area contributed by atoms with Gasteiger partial charge in [-0.1, -0.05) is 6.92 Å². The van der Waals surface area contributed by atoms with Crippen LogP contribution in [0.5, 0.6) is 0 Å². The Balaban J connectivity index is 2.38. The van der Waals surface area contributed by atoms with Crippen molar-refractivity contribution < 1.29 is 23.8 Å². The van der Waals surface area contributed by atoms with E-state index in [1.807, 2.05) is 0 Å². The molecule has 1 atom stereocenters. The Bertz CT molecular complexity index is 245. The molecule has 0 aliphatic carbocycles. The average Bonchev–Trinajstić information content (AvgIpc) is 2.28. The van der Waals surface area contributed by atoms with Crippen LogP contribution in [-0.2, 0) is 23.8 Å². The van der Waals surface area contributed by atoms with E-state index in [-0.39, 0.29) is 11.9 Å². The Kier molecular flexibility index (Phi) is 5.25. The Labute approximate surface area is 95.0 Å². The smallest absolute Gasteiger partial charge is 0.312 e. The van der Waals surface area contributed by atoms with Gasteiger partial charge in [-0.05, 0) is 12.8 Å². The molecule has 0 aromatic carbocycles. The van der Waals surface area contributed by atoms with E-state index in [9.17, 15) is 9.59 Å². The van der Waals surface area contributed by atoms with E-state index in [2.05, 4.69) is 0 Å². The minimum absolute atomic E-state index is 0.127. The third-order valence-electron chi connectivity index (χ3n) is 2.43. The summed E-state index contributed by atoms with van der Waals surface area (Å²) < 4.78 is 15.1. The van der Waals surface area contributed by atoms with E-state index in [1.54, 1.807) is 6.92 Å². The summed E-state index contributed by atoms with van der Waals surface area (Å²) >= 11 is 0. The first-order valence-corrected chi connectivity index (χ1v) is 5.59. The van der Waals surface area contributed by atoms with Crippen LogP contribution in [0.4, 0.5) is 0 Å². The molecule has 1 rings (SSSR count). The molecule has 1 saturated heterocycles. The standard InChI is InChI=1S/C11H18O5/c1-3-10(15-8(2)12)16-11(13)9-4-6-14-7-5-9/h9-10H,3-7H2,1-2H3. The lowest BCUT2D eigenvalue weighted by Crippen LogP contribution is -2.30. The summed E-state index contributed by atoms with van der Waals surface area (Å²) in [5.41, 5.74) is 0. The molecular formula is C11H18O5. The maximum absolute atomic E-state index is 11.7. The fraction of sp³-hybridized carbons (Fsp3) is 0.818. The first-order chi connectivity index (χ1) is 7.63. The molecule has 0 aromatic rings. The fourth-order valence-corrected chi connectivity index (χ4v) is 1.53. The van der Waals surface area contributed by atoms with Gasteiger partial charge in [0.05, 0.1) is 5.92 Å². The lowest BCUT2D eigenvalue weighted by atomic mass is 10.0. The van der Waals surface area contributed by atoms with E-state index in [4.69, 9.17) is 14.2 Å². The zero-order valence-electron chi connectivity index (χ0n) is 9.73. The summed E-state index contributed by atoms with van der Waals surface area (Å²) in [5.74, 6) is -0.860. The highest BCUT2D eigenvalue weighted by Gasteiger charge is 2.26. The fourth-order valence-electron chi connectivity index (χ4n) is 1.53. The zero-order valence-corrected chi connectivity index (χ0v) is 9.73. The molecular weight excluding hydrogens is 212 g/mol. The van der Waals surface area contributed by atoms with E-state index < -0.39 is 12.3 Å². The number of carbonyl (C=O) groups excluding carboxylic acids is 2. The molecule has 0 saturated carbocycles. The van der Waals surface area contributed by atoms with Crippen molar-refractivity contribution in [2.45, 2.75) is 39.4 Å². The van der Waals surface area contributed by atoms with E-state index in [0.29, 0.717) is 32.5 Å². The summed E-state index contributed by atoms with van der Waals surface area (Å²) in [5, 5.41) is 0. The SMILES string of the molecule is CCC(OC(C)=O)OC(=O)C1CCOCC1. The highest BCUT2D eigenvalue weighted by Crippen LogP contribution is 2.17. The number of hydrogen-bond donors (Lipinski definition) is 0. The maximum atomic E-state index is 11.7. The van der Waals surface area contributed by atoms with E-state index in [0.717, 1.165) is 0 Å². The van der Waals surface area contributed by atoms with Crippen molar-refractivity contribution in [1.29, 1.82) is 0 Å². The van der Waals surface area contributed by atoms with E-state index >= 15 is 0 Å². The van der Waals surface area contributed by atoms with Crippen LogP contribution in [0.2, 0.25) is 0 Å². The van der Waals surface area contributed by atoms with Crippen LogP contribution in [0.1, 0.15) is 33.1 Å². The maximum Gasteiger partial charge on any atom is 0.312 e. The van der Waals surface area contributed by atoms with Crippen molar-refractivity contribution in [1.82, 2.24) is 0 Å². The van der Waals surface area contributed by atoms with Gasteiger partial charge in [-0.15, -0.1) is 0 Å². The molecule has 1 fully saturated rings.